The molecular weight excluding hydrogens is 384 g/mol. The molecule has 0 radical (unpaired) electrons. The molecule has 3 N–H and O–H groups in total. The predicted molar refractivity (Wildman–Crippen MR) is 107 cm³/mol. The number of thiocarbonyl (C=S) groups is 1. The number of anilines is 1. The smallest absolute Gasteiger partial charge is 0.270 e. The first kappa shape index (κ1) is 20.9. The second kappa shape index (κ2) is 10.1. The Labute approximate surface area is 166 Å². The molecule has 10 heteroatoms. The van der Waals surface area contributed by atoms with Crippen molar-refractivity contribution in [2.45, 2.75) is 0 Å². The number of ether oxygens (including phenoxy) is 1. The van der Waals surface area contributed by atoms with Gasteiger partial charge in [0.1, 0.15) is 0 Å². The largest absolute Gasteiger partial charge is 0.383 e. The van der Waals surface area contributed by atoms with Crippen molar-refractivity contribution in [3.63, 3.8) is 0 Å². The Balaban J connectivity index is 1.98. The van der Waals surface area contributed by atoms with Gasteiger partial charge in [0.25, 0.3) is 17.5 Å². The molecule has 9 nitrogen and oxygen atoms in total. The summed E-state index contributed by atoms with van der Waals surface area (Å²) in [4.78, 5) is 34.5. The van der Waals surface area contributed by atoms with Crippen LogP contribution >= 0.6 is 12.2 Å². The number of carbonyl (C=O) groups excluding carboxylic acids is 2. The van der Waals surface area contributed by atoms with E-state index in [1.807, 2.05) is 0 Å². The minimum absolute atomic E-state index is 0.00607. The maximum absolute atomic E-state index is 12.2. The number of nitro groups is 1. The average molecular weight is 402 g/mol. The summed E-state index contributed by atoms with van der Waals surface area (Å²) in [6, 6.07) is 11.9. The second-order valence-electron chi connectivity index (χ2n) is 5.55. The monoisotopic (exact) mass is 402 g/mol. The van der Waals surface area contributed by atoms with Crippen molar-refractivity contribution in [2.75, 3.05) is 25.6 Å². The highest BCUT2D eigenvalue weighted by molar-refractivity contribution is 7.80. The van der Waals surface area contributed by atoms with Gasteiger partial charge in [0.05, 0.1) is 11.5 Å². The number of nitrogens with one attached hydrogen (secondary N) is 3. The number of nitrogens with zero attached hydrogens (tertiary/aromatic N) is 1. The number of amides is 2. The molecule has 0 heterocycles. The first-order chi connectivity index (χ1) is 13.4. The maximum atomic E-state index is 12.2. The summed E-state index contributed by atoms with van der Waals surface area (Å²) < 4.78 is 4.88. The van der Waals surface area contributed by atoms with E-state index in [1.165, 1.54) is 18.2 Å². The first-order valence-electron chi connectivity index (χ1n) is 8.14. The van der Waals surface area contributed by atoms with Crippen LogP contribution in [0.15, 0.2) is 48.5 Å². The standard InChI is InChI=1S/C18H18N4O5S/c1-27-9-8-19-16(23)12-4-2-6-14(10-12)20-18(28)21-17(24)13-5-3-7-15(11-13)22(25)26/h2-7,10-11H,8-9H2,1H3,(H,19,23)(H2,20,21,24,28). The molecule has 28 heavy (non-hydrogen) atoms. The Morgan fingerprint density at radius 2 is 1.79 bits per heavy atom. The molecule has 0 aliphatic heterocycles. The molecule has 146 valence electrons. The highest BCUT2D eigenvalue weighted by Crippen LogP contribution is 2.13. The highest BCUT2D eigenvalue weighted by atomic mass is 32.1. The van der Waals surface area contributed by atoms with E-state index in [-0.39, 0.29) is 22.3 Å². The third kappa shape index (κ3) is 6.11. The van der Waals surface area contributed by atoms with E-state index >= 15 is 0 Å². The molecule has 0 saturated heterocycles. The molecule has 0 aliphatic carbocycles. The minimum Gasteiger partial charge on any atom is -0.383 e. The number of benzene rings is 2. The van der Waals surface area contributed by atoms with Gasteiger partial charge in [0.2, 0.25) is 0 Å². The summed E-state index contributed by atoms with van der Waals surface area (Å²) in [7, 11) is 1.54. The van der Waals surface area contributed by atoms with Gasteiger partial charge >= 0.3 is 0 Å². The van der Waals surface area contributed by atoms with Crippen molar-refractivity contribution in [1.82, 2.24) is 10.6 Å². The Morgan fingerprint density at radius 3 is 2.46 bits per heavy atom. The molecule has 2 aromatic carbocycles. The molecule has 2 amide bonds. The molecule has 2 aromatic rings. The van der Waals surface area contributed by atoms with Gasteiger partial charge in [-0.1, -0.05) is 12.1 Å². The summed E-state index contributed by atoms with van der Waals surface area (Å²) >= 11 is 5.10. The number of hydrogen-bond donors (Lipinski definition) is 3. The van der Waals surface area contributed by atoms with E-state index in [0.717, 1.165) is 6.07 Å². The average Bonchev–Trinajstić information content (AvgIpc) is 2.68. The fourth-order valence-electron chi connectivity index (χ4n) is 2.21. The van der Waals surface area contributed by atoms with Crippen LogP contribution < -0.4 is 16.0 Å². The normalized spacial score (nSPS) is 10.0. The molecular formula is C18H18N4O5S. The Bertz CT molecular complexity index is 903. The number of rotatable bonds is 7. The summed E-state index contributed by atoms with van der Waals surface area (Å²) in [5.74, 6) is -0.859. The Kier molecular flexibility index (Phi) is 7.55. The molecule has 0 aromatic heterocycles. The topological polar surface area (TPSA) is 123 Å². The number of non-ortho nitro benzene ring substituents is 1. The SMILES string of the molecule is COCCNC(=O)c1cccc(NC(=S)NC(=O)c2cccc([N+](=O)[O-])c2)c1. The summed E-state index contributed by atoms with van der Waals surface area (Å²) in [5.41, 5.74) is 0.820. The van der Waals surface area contributed by atoms with E-state index in [0.29, 0.717) is 24.4 Å². The summed E-state index contributed by atoms with van der Waals surface area (Å²) in [6.07, 6.45) is 0. The zero-order valence-electron chi connectivity index (χ0n) is 14.9. The lowest BCUT2D eigenvalue weighted by atomic mass is 10.2. The van der Waals surface area contributed by atoms with Crippen LogP contribution in [0.2, 0.25) is 0 Å². The predicted octanol–water partition coefficient (Wildman–Crippen LogP) is 2.10. The molecule has 0 atom stereocenters. The Morgan fingerprint density at radius 1 is 1.11 bits per heavy atom. The van der Waals surface area contributed by atoms with Crippen LogP contribution in [-0.2, 0) is 4.74 Å². The van der Waals surface area contributed by atoms with E-state index in [2.05, 4.69) is 16.0 Å². The number of nitro benzene ring substituents is 1. The van der Waals surface area contributed by atoms with Crippen molar-refractivity contribution in [2.24, 2.45) is 0 Å². The third-order valence-corrected chi connectivity index (χ3v) is 3.72. The fourth-order valence-corrected chi connectivity index (χ4v) is 2.42. The second-order valence-corrected chi connectivity index (χ2v) is 5.95. The van der Waals surface area contributed by atoms with Crippen LogP contribution in [0.4, 0.5) is 11.4 Å². The Hall–Kier alpha value is -3.37. The van der Waals surface area contributed by atoms with Crippen molar-refractivity contribution in [3.8, 4) is 0 Å². The summed E-state index contributed by atoms with van der Waals surface area (Å²) in [5, 5.41) is 18.7. The quantitative estimate of drug-likeness (QED) is 0.280. The van der Waals surface area contributed by atoms with Crippen LogP contribution in [0.3, 0.4) is 0 Å². The number of methoxy groups -OCH3 is 1. The maximum Gasteiger partial charge on any atom is 0.270 e. The summed E-state index contributed by atoms with van der Waals surface area (Å²) in [6.45, 7) is 0.780. The molecule has 0 fully saturated rings. The lowest BCUT2D eigenvalue weighted by Crippen LogP contribution is -2.34. The van der Waals surface area contributed by atoms with E-state index < -0.39 is 10.8 Å². The van der Waals surface area contributed by atoms with Crippen LogP contribution in [0, 0.1) is 10.1 Å². The van der Waals surface area contributed by atoms with Gasteiger partial charge < -0.3 is 15.4 Å². The van der Waals surface area contributed by atoms with Gasteiger partial charge in [-0.15, -0.1) is 0 Å². The van der Waals surface area contributed by atoms with Gasteiger partial charge in [-0.2, -0.15) is 0 Å². The van der Waals surface area contributed by atoms with Gasteiger partial charge in [-0.3, -0.25) is 25.0 Å². The molecule has 0 spiro atoms. The van der Waals surface area contributed by atoms with Gasteiger partial charge in [0, 0.05) is 42.6 Å². The molecule has 0 unspecified atom stereocenters. The number of carbonyl (C=O) groups is 2. The van der Waals surface area contributed by atoms with Gasteiger partial charge in [-0.05, 0) is 36.5 Å². The van der Waals surface area contributed by atoms with Crippen LogP contribution in [0.1, 0.15) is 20.7 Å². The van der Waals surface area contributed by atoms with Gasteiger partial charge in [0.15, 0.2) is 5.11 Å². The molecule has 0 aliphatic rings. The lowest BCUT2D eigenvalue weighted by molar-refractivity contribution is -0.384. The third-order valence-electron chi connectivity index (χ3n) is 3.52. The van der Waals surface area contributed by atoms with Crippen molar-refractivity contribution in [1.29, 1.82) is 0 Å². The zero-order valence-corrected chi connectivity index (χ0v) is 15.7. The van der Waals surface area contributed by atoms with Crippen LogP contribution in [0.25, 0.3) is 0 Å². The highest BCUT2D eigenvalue weighted by Gasteiger charge is 2.13. The van der Waals surface area contributed by atoms with Crippen molar-refractivity contribution >= 4 is 40.5 Å². The molecule has 0 bridgehead atoms. The van der Waals surface area contributed by atoms with E-state index in [4.69, 9.17) is 17.0 Å². The zero-order chi connectivity index (χ0) is 20.5. The molecule has 2 rings (SSSR count). The van der Waals surface area contributed by atoms with Gasteiger partial charge in [-0.25, -0.2) is 0 Å². The van der Waals surface area contributed by atoms with Crippen LogP contribution in [0.5, 0.6) is 0 Å². The van der Waals surface area contributed by atoms with Crippen molar-refractivity contribution < 1.29 is 19.2 Å². The van der Waals surface area contributed by atoms with Crippen LogP contribution in [-0.4, -0.2) is 42.1 Å². The number of hydrogen-bond acceptors (Lipinski definition) is 6. The van der Waals surface area contributed by atoms with E-state index in [1.54, 1.807) is 31.4 Å². The lowest BCUT2D eigenvalue weighted by Gasteiger charge is -2.11. The fraction of sp³-hybridized carbons (Fsp3) is 0.167. The van der Waals surface area contributed by atoms with E-state index in [9.17, 15) is 19.7 Å². The molecule has 0 saturated carbocycles. The minimum atomic E-state index is -0.588. The van der Waals surface area contributed by atoms with Crippen molar-refractivity contribution in [3.05, 3.63) is 69.8 Å². The first-order valence-corrected chi connectivity index (χ1v) is 8.55.